The lowest BCUT2D eigenvalue weighted by Gasteiger charge is -2.44. The molecular formula is C54H95NO13. The number of rotatable bonds is 42. The zero-order valence-electron chi connectivity index (χ0n) is 43.6. The molecule has 1 N–H and O–H groups in total. The molecule has 14 heteroatoms. The molecule has 1 rings (SSSR count). The maximum Gasteiger partial charge on any atom is 0.303 e. The summed E-state index contributed by atoms with van der Waals surface area (Å²) in [5, 5.41) is 3.02. The van der Waals surface area contributed by atoms with Crippen molar-refractivity contribution >= 4 is 35.8 Å². The van der Waals surface area contributed by atoms with Crippen molar-refractivity contribution in [3.63, 3.8) is 0 Å². The number of nitrogens with one attached hydrogen (secondary N) is 1. The van der Waals surface area contributed by atoms with E-state index in [4.69, 9.17) is 33.2 Å². The SMILES string of the molecule is CCCCCCCCCCCCCC=CC(OC(C)=O)C(COC1OC(COC(C)=O)C(OC(C)=O)C(OC(C)=O)C1OC(C)=O)NC(=O)CCCCCCCCCCCCCCCCCCC. The standard InChI is InChI=1S/C54H95NO13/c1-8-10-12-14-16-18-20-22-23-24-25-27-29-31-33-35-37-39-50(61)55-47(48(64-43(4)57)38-36-34-32-30-28-26-21-19-17-15-13-11-9-2)40-63-54-53(67-46(7)60)52(66-45(6)59)51(65-44(5)58)49(68-54)41-62-42(3)56/h36,38,47-49,51-54H,8-35,37,39-41H2,1-7H3,(H,55,61). The molecule has 1 heterocycles. The first-order valence-electron chi connectivity index (χ1n) is 26.8. The summed E-state index contributed by atoms with van der Waals surface area (Å²) in [6.45, 7) is 9.68. The lowest BCUT2D eigenvalue weighted by Crippen LogP contribution is -2.63. The van der Waals surface area contributed by atoms with E-state index in [9.17, 15) is 28.8 Å². The van der Waals surface area contributed by atoms with Gasteiger partial charge < -0.3 is 38.5 Å². The predicted octanol–water partition coefficient (Wildman–Crippen LogP) is 11.8. The largest absolute Gasteiger partial charge is 0.463 e. The van der Waals surface area contributed by atoms with Gasteiger partial charge in [-0.25, -0.2) is 0 Å². The molecule has 0 aliphatic carbocycles. The van der Waals surface area contributed by atoms with Crippen LogP contribution < -0.4 is 5.32 Å². The average molecular weight is 966 g/mol. The van der Waals surface area contributed by atoms with Crippen molar-refractivity contribution in [3.8, 4) is 0 Å². The molecule has 14 nitrogen and oxygen atoms in total. The molecule has 1 aliphatic heterocycles. The quantitative estimate of drug-likeness (QED) is 0.0265. The predicted molar refractivity (Wildman–Crippen MR) is 264 cm³/mol. The van der Waals surface area contributed by atoms with Gasteiger partial charge in [0, 0.05) is 41.0 Å². The van der Waals surface area contributed by atoms with Crippen molar-refractivity contribution in [3.05, 3.63) is 12.2 Å². The van der Waals surface area contributed by atoms with Gasteiger partial charge in [0.1, 0.15) is 18.8 Å². The van der Waals surface area contributed by atoms with Gasteiger partial charge in [0.05, 0.1) is 12.6 Å². The maximum absolute atomic E-state index is 13.6. The Bertz CT molecular complexity index is 1390. The molecule has 1 aliphatic rings. The summed E-state index contributed by atoms with van der Waals surface area (Å²) in [6, 6.07) is -0.919. The molecule has 0 aromatic heterocycles. The third kappa shape index (κ3) is 33.1. The molecule has 7 atom stereocenters. The molecule has 7 unspecified atom stereocenters. The Labute approximate surface area is 411 Å². The molecule has 394 valence electrons. The highest BCUT2D eigenvalue weighted by molar-refractivity contribution is 5.76. The number of carbonyl (C=O) groups excluding carboxylic acids is 6. The van der Waals surface area contributed by atoms with E-state index < -0.39 is 79.3 Å². The number of esters is 5. The van der Waals surface area contributed by atoms with Gasteiger partial charge in [-0.05, 0) is 25.3 Å². The number of ether oxygens (including phenoxy) is 7. The molecule has 0 saturated carbocycles. The molecule has 0 radical (unpaired) electrons. The molecule has 1 fully saturated rings. The number of amides is 1. The summed E-state index contributed by atoms with van der Waals surface area (Å²) in [4.78, 5) is 75.0. The van der Waals surface area contributed by atoms with Gasteiger partial charge in [-0.3, -0.25) is 28.8 Å². The second-order valence-electron chi connectivity index (χ2n) is 18.8. The zero-order valence-corrected chi connectivity index (χ0v) is 43.6. The van der Waals surface area contributed by atoms with Crippen molar-refractivity contribution in [1.29, 1.82) is 0 Å². The van der Waals surface area contributed by atoms with Crippen molar-refractivity contribution in [2.75, 3.05) is 13.2 Å². The van der Waals surface area contributed by atoms with E-state index in [1.165, 1.54) is 149 Å². The summed E-state index contributed by atoms with van der Waals surface area (Å²) in [7, 11) is 0. The van der Waals surface area contributed by atoms with Crippen LogP contribution in [0.15, 0.2) is 12.2 Å². The van der Waals surface area contributed by atoms with E-state index in [-0.39, 0.29) is 18.9 Å². The Morgan fingerprint density at radius 2 is 0.912 bits per heavy atom. The number of hydrogen-bond acceptors (Lipinski definition) is 13. The third-order valence-electron chi connectivity index (χ3n) is 12.2. The number of carbonyl (C=O) groups is 6. The van der Waals surface area contributed by atoms with Gasteiger partial charge in [0.25, 0.3) is 0 Å². The first-order chi connectivity index (χ1) is 32.8. The summed E-state index contributed by atoms with van der Waals surface area (Å²) >= 11 is 0. The third-order valence-corrected chi connectivity index (χ3v) is 12.2. The lowest BCUT2D eigenvalue weighted by atomic mass is 9.98. The van der Waals surface area contributed by atoms with Crippen LogP contribution in [0, 0.1) is 0 Å². The Morgan fingerprint density at radius 1 is 0.500 bits per heavy atom. The van der Waals surface area contributed by atoms with Crippen LogP contribution in [0.5, 0.6) is 0 Å². The summed E-state index contributed by atoms with van der Waals surface area (Å²) < 4.78 is 40.1. The van der Waals surface area contributed by atoms with E-state index in [1.54, 1.807) is 6.08 Å². The Kier molecular flexibility index (Phi) is 37.9. The van der Waals surface area contributed by atoms with Crippen LogP contribution in [0.2, 0.25) is 0 Å². The second-order valence-corrected chi connectivity index (χ2v) is 18.8. The summed E-state index contributed by atoms with van der Waals surface area (Å²) in [5.74, 6) is -3.76. The number of unbranched alkanes of at least 4 members (excludes halogenated alkanes) is 27. The molecule has 0 spiro atoms. The highest BCUT2D eigenvalue weighted by atomic mass is 16.7. The number of allylic oxidation sites excluding steroid dienone is 1. The molecular weight excluding hydrogens is 871 g/mol. The average Bonchev–Trinajstić information content (AvgIpc) is 3.27. The zero-order chi connectivity index (χ0) is 50.2. The lowest BCUT2D eigenvalue weighted by molar-refractivity contribution is -0.309. The first-order valence-corrected chi connectivity index (χ1v) is 26.8. The second kappa shape index (κ2) is 41.3. The van der Waals surface area contributed by atoms with Gasteiger partial charge in [0.15, 0.2) is 24.6 Å². The van der Waals surface area contributed by atoms with Gasteiger partial charge in [-0.1, -0.05) is 187 Å². The van der Waals surface area contributed by atoms with E-state index in [0.717, 1.165) is 65.7 Å². The molecule has 1 saturated heterocycles. The molecule has 0 bridgehead atoms. The minimum absolute atomic E-state index is 0.253. The highest BCUT2D eigenvalue weighted by Gasteiger charge is 2.53. The fourth-order valence-electron chi connectivity index (χ4n) is 8.63. The normalized spacial score (nSPS) is 19.0. The Hall–Kier alpha value is -3.52. The smallest absolute Gasteiger partial charge is 0.303 e. The molecule has 0 aromatic carbocycles. The van der Waals surface area contributed by atoms with Crippen molar-refractivity contribution in [2.24, 2.45) is 0 Å². The van der Waals surface area contributed by atoms with Crippen molar-refractivity contribution in [1.82, 2.24) is 5.32 Å². The van der Waals surface area contributed by atoms with Crippen LogP contribution in [-0.4, -0.2) is 91.8 Å². The van der Waals surface area contributed by atoms with Crippen molar-refractivity contribution in [2.45, 2.75) is 284 Å². The fourth-order valence-corrected chi connectivity index (χ4v) is 8.63. The summed E-state index contributed by atoms with van der Waals surface area (Å²) in [6.07, 6.45) is 31.2. The molecule has 1 amide bonds. The number of hydrogen-bond donors (Lipinski definition) is 1. The van der Waals surface area contributed by atoms with E-state index >= 15 is 0 Å². The van der Waals surface area contributed by atoms with E-state index in [0.29, 0.717) is 6.42 Å². The van der Waals surface area contributed by atoms with Gasteiger partial charge in [-0.15, -0.1) is 0 Å². The van der Waals surface area contributed by atoms with E-state index in [2.05, 4.69) is 19.2 Å². The monoisotopic (exact) mass is 966 g/mol. The minimum atomic E-state index is -1.47. The molecule has 0 aromatic rings. The van der Waals surface area contributed by atoms with Crippen molar-refractivity contribution < 1.29 is 61.9 Å². The first kappa shape index (κ1) is 62.5. The highest BCUT2D eigenvalue weighted by Crippen LogP contribution is 2.30. The van der Waals surface area contributed by atoms with Crippen LogP contribution in [0.4, 0.5) is 0 Å². The van der Waals surface area contributed by atoms with E-state index in [1.807, 2.05) is 6.08 Å². The molecule has 68 heavy (non-hydrogen) atoms. The fraction of sp³-hybridized carbons (Fsp3) is 0.852. The van der Waals surface area contributed by atoms with Crippen LogP contribution >= 0.6 is 0 Å². The van der Waals surface area contributed by atoms with Gasteiger partial charge in [0.2, 0.25) is 5.91 Å². The Balaban J connectivity index is 3.02. The van der Waals surface area contributed by atoms with Crippen LogP contribution in [0.1, 0.15) is 241 Å². The van der Waals surface area contributed by atoms with Gasteiger partial charge in [-0.2, -0.15) is 0 Å². The topological polar surface area (TPSA) is 179 Å². The maximum atomic E-state index is 13.6. The van der Waals surface area contributed by atoms with Crippen LogP contribution in [-0.2, 0) is 61.9 Å². The Morgan fingerprint density at radius 3 is 1.34 bits per heavy atom. The van der Waals surface area contributed by atoms with Crippen LogP contribution in [0.3, 0.4) is 0 Å². The van der Waals surface area contributed by atoms with Crippen LogP contribution in [0.25, 0.3) is 0 Å². The minimum Gasteiger partial charge on any atom is -0.463 e. The summed E-state index contributed by atoms with van der Waals surface area (Å²) in [5.41, 5.74) is 0. The van der Waals surface area contributed by atoms with Gasteiger partial charge >= 0.3 is 29.8 Å².